The summed E-state index contributed by atoms with van der Waals surface area (Å²) in [7, 11) is 1.13. The van der Waals surface area contributed by atoms with E-state index in [1.807, 2.05) is 0 Å². The number of hydrogen-bond acceptors (Lipinski definition) is 4. The molecule has 0 aliphatic rings. The van der Waals surface area contributed by atoms with Crippen molar-refractivity contribution in [1.82, 2.24) is 4.57 Å². The lowest BCUT2D eigenvalue weighted by Crippen LogP contribution is -2.12. The minimum Gasteiger partial charge on any atom is -0.464 e. The van der Waals surface area contributed by atoms with Gasteiger partial charge in [-0.3, -0.25) is 0 Å². The van der Waals surface area contributed by atoms with Crippen molar-refractivity contribution in [3.05, 3.63) is 45.7 Å². The van der Waals surface area contributed by atoms with Gasteiger partial charge in [-0.15, -0.1) is 0 Å². The van der Waals surface area contributed by atoms with Crippen LogP contribution in [0.1, 0.15) is 16.1 Å². The van der Waals surface area contributed by atoms with E-state index < -0.39 is 17.6 Å². The predicted molar refractivity (Wildman–Crippen MR) is 73.9 cm³/mol. The molecule has 0 amide bonds. The van der Waals surface area contributed by atoms with Gasteiger partial charge in [0.1, 0.15) is 17.7 Å². The molecule has 0 aliphatic heterocycles. The van der Waals surface area contributed by atoms with Crippen molar-refractivity contribution in [2.75, 3.05) is 12.8 Å². The number of esters is 1. The summed E-state index contributed by atoms with van der Waals surface area (Å²) in [5.41, 5.74) is 5.20. The number of hydrogen-bond donors (Lipinski definition) is 1. The Bertz CT molecular complexity index is 781. The minimum atomic E-state index is -0.916. The molecule has 0 aliphatic carbocycles. The monoisotopic (exact) mass is 355 g/mol. The molecule has 108 valence electrons. The zero-order valence-corrected chi connectivity index (χ0v) is 12.2. The van der Waals surface area contributed by atoms with Crippen LogP contribution in [0.5, 0.6) is 0 Å². The van der Waals surface area contributed by atoms with Crippen molar-refractivity contribution in [2.24, 2.45) is 0 Å². The number of nitrogen functional groups attached to an aromatic ring is 1. The molecule has 21 heavy (non-hydrogen) atoms. The number of carbonyl (C=O) groups excluding carboxylic acids is 1. The molecule has 0 saturated heterocycles. The van der Waals surface area contributed by atoms with Crippen LogP contribution in [0.4, 0.5) is 14.5 Å². The Morgan fingerprint density at radius 1 is 1.43 bits per heavy atom. The molecule has 1 aromatic carbocycles. The van der Waals surface area contributed by atoms with Gasteiger partial charge in [0, 0.05) is 12.3 Å². The summed E-state index contributed by atoms with van der Waals surface area (Å²) in [6.45, 7) is 0. The third kappa shape index (κ3) is 2.48. The number of carbonyl (C=O) groups is 1. The van der Waals surface area contributed by atoms with E-state index in [4.69, 9.17) is 11.0 Å². The Morgan fingerprint density at radius 2 is 2.10 bits per heavy atom. The van der Waals surface area contributed by atoms with Crippen LogP contribution >= 0.6 is 15.9 Å². The second kappa shape index (κ2) is 5.54. The molecule has 0 radical (unpaired) electrons. The maximum absolute atomic E-state index is 14.0. The van der Waals surface area contributed by atoms with Crippen molar-refractivity contribution in [3.8, 4) is 11.8 Å². The Balaban J connectivity index is 2.78. The van der Waals surface area contributed by atoms with Crippen LogP contribution in [-0.2, 0) is 4.74 Å². The Hall–Kier alpha value is -2.40. The number of aromatic nitrogens is 1. The predicted octanol–water partition coefficient (Wildman–Crippen LogP) is 2.76. The topological polar surface area (TPSA) is 81.0 Å². The quantitative estimate of drug-likeness (QED) is 0.663. The first-order chi connectivity index (χ1) is 9.90. The lowest BCUT2D eigenvalue weighted by atomic mass is 10.2. The van der Waals surface area contributed by atoms with Crippen LogP contribution in [0, 0.1) is 23.0 Å². The van der Waals surface area contributed by atoms with Gasteiger partial charge in [0.2, 0.25) is 0 Å². The summed E-state index contributed by atoms with van der Waals surface area (Å²) in [4.78, 5) is 11.8. The van der Waals surface area contributed by atoms with Gasteiger partial charge < -0.3 is 15.0 Å². The second-order valence-electron chi connectivity index (χ2n) is 4.00. The largest absolute Gasteiger partial charge is 0.464 e. The Kier molecular flexibility index (Phi) is 3.95. The lowest BCUT2D eigenvalue weighted by molar-refractivity contribution is 0.0593. The minimum absolute atomic E-state index is 0.000458. The molecule has 0 bridgehead atoms. The summed E-state index contributed by atoms with van der Waals surface area (Å²) in [5, 5.41) is 8.97. The first-order valence-electron chi connectivity index (χ1n) is 5.54. The highest BCUT2D eigenvalue weighted by atomic mass is 79.9. The van der Waals surface area contributed by atoms with Gasteiger partial charge in [0.15, 0.2) is 5.69 Å². The summed E-state index contributed by atoms with van der Waals surface area (Å²) >= 11 is 2.93. The van der Waals surface area contributed by atoms with Crippen molar-refractivity contribution < 1.29 is 18.3 Å². The molecule has 0 atom stereocenters. The zero-order chi connectivity index (χ0) is 15.7. The third-order valence-corrected chi connectivity index (χ3v) is 3.40. The number of nitrogens with two attached hydrogens (primary N) is 1. The first-order valence-corrected chi connectivity index (χ1v) is 6.34. The van der Waals surface area contributed by atoms with Gasteiger partial charge in [0.25, 0.3) is 0 Å². The fraction of sp³-hybridized carbons (Fsp3) is 0.0769. The molecule has 2 rings (SSSR count). The summed E-state index contributed by atoms with van der Waals surface area (Å²) in [6, 6.07) is 3.58. The molecule has 2 N–H and O–H groups in total. The first kappa shape index (κ1) is 15.0. The normalized spacial score (nSPS) is 10.2. The molecule has 0 spiro atoms. The Labute approximate surface area is 126 Å². The van der Waals surface area contributed by atoms with E-state index in [2.05, 4.69) is 20.7 Å². The van der Waals surface area contributed by atoms with E-state index >= 15 is 0 Å². The second-order valence-corrected chi connectivity index (χ2v) is 4.85. The van der Waals surface area contributed by atoms with Crippen molar-refractivity contribution in [2.45, 2.75) is 0 Å². The van der Waals surface area contributed by atoms with Gasteiger partial charge in [-0.05, 0) is 22.0 Å². The standard InChI is InChI=1S/C13H8BrF2N3O2/c1-21-13(20)12-11(18)6(4-17)5-19(12)10-2-7(14)8(15)3-9(10)16/h2-3,5H,18H2,1H3. The number of nitrogens with zero attached hydrogens (tertiary/aromatic N) is 2. The van der Waals surface area contributed by atoms with E-state index in [1.54, 1.807) is 6.07 Å². The van der Waals surface area contributed by atoms with Gasteiger partial charge in [-0.25, -0.2) is 13.6 Å². The highest BCUT2D eigenvalue weighted by molar-refractivity contribution is 9.10. The maximum Gasteiger partial charge on any atom is 0.357 e. The van der Waals surface area contributed by atoms with Crippen LogP contribution in [0.3, 0.4) is 0 Å². The number of nitriles is 1. The lowest BCUT2D eigenvalue weighted by Gasteiger charge is -2.10. The molecular weight excluding hydrogens is 348 g/mol. The van der Waals surface area contributed by atoms with Crippen molar-refractivity contribution in [3.63, 3.8) is 0 Å². The molecule has 0 fully saturated rings. The van der Waals surface area contributed by atoms with Crippen LogP contribution < -0.4 is 5.73 Å². The summed E-state index contributed by atoms with van der Waals surface area (Å²) in [6.07, 6.45) is 1.18. The van der Waals surface area contributed by atoms with Crippen LogP contribution in [0.25, 0.3) is 5.69 Å². The zero-order valence-electron chi connectivity index (χ0n) is 10.7. The number of methoxy groups -OCH3 is 1. The summed E-state index contributed by atoms with van der Waals surface area (Å²) in [5.74, 6) is -2.55. The highest BCUT2D eigenvalue weighted by Crippen LogP contribution is 2.29. The van der Waals surface area contributed by atoms with Gasteiger partial charge >= 0.3 is 5.97 Å². The highest BCUT2D eigenvalue weighted by Gasteiger charge is 2.23. The van der Waals surface area contributed by atoms with Crippen LogP contribution in [0.2, 0.25) is 0 Å². The maximum atomic E-state index is 14.0. The fourth-order valence-electron chi connectivity index (χ4n) is 1.80. The van der Waals surface area contributed by atoms with E-state index in [1.165, 1.54) is 6.20 Å². The SMILES string of the molecule is COC(=O)c1c(N)c(C#N)cn1-c1cc(Br)c(F)cc1F. The van der Waals surface area contributed by atoms with E-state index in [-0.39, 0.29) is 27.1 Å². The van der Waals surface area contributed by atoms with E-state index in [0.717, 1.165) is 17.7 Å². The van der Waals surface area contributed by atoms with Gasteiger partial charge in [-0.2, -0.15) is 5.26 Å². The number of rotatable bonds is 2. The molecular formula is C13H8BrF2N3O2. The molecule has 0 unspecified atom stereocenters. The van der Waals surface area contributed by atoms with Crippen molar-refractivity contribution in [1.29, 1.82) is 5.26 Å². The van der Waals surface area contributed by atoms with E-state index in [9.17, 15) is 13.6 Å². The summed E-state index contributed by atoms with van der Waals surface area (Å²) < 4.78 is 32.9. The van der Waals surface area contributed by atoms with Gasteiger partial charge in [-0.1, -0.05) is 0 Å². The molecule has 1 aromatic heterocycles. The number of anilines is 1. The average Bonchev–Trinajstić information content (AvgIpc) is 2.78. The van der Waals surface area contributed by atoms with Crippen LogP contribution in [-0.4, -0.2) is 17.6 Å². The van der Waals surface area contributed by atoms with Crippen LogP contribution in [0.15, 0.2) is 22.8 Å². The smallest absolute Gasteiger partial charge is 0.357 e. The molecule has 5 nitrogen and oxygen atoms in total. The molecule has 2 aromatic rings. The average molecular weight is 356 g/mol. The fourth-order valence-corrected chi connectivity index (χ4v) is 2.13. The van der Waals surface area contributed by atoms with Crippen molar-refractivity contribution >= 4 is 27.6 Å². The van der Waals surface area contributed by atoms with Gasteiger partial charge in [0.05, 0.1) is 28.5 Å². The number of benzene rings is 1. The molecule has 1 heterocycles. The Morgan fingerprint density at radius 3 is 2.67 bits per heavy atom. The van der Waals surface area contributed by atoms with E-state index in [0.29, 0.717) is 6.07 Å². The number of ether oxygens (including phenoxy) is 1. The molecule has 0 saturated carbocycles. The molecule has 8 heteroatoms. The number of halogens is 3. The third-order valence-electron chi connectivity index (χ3n) is 2.79.